The number of alkyl halides is 1. The maximum absolute atomic E-state index is 16.6. The van der Waals surface area contributed by atoms with E-state index in [4.69, 9.17) is 0 Å². The van der Waals surface area contributed by atoms with Crippen molar-refractivity contribution in [2.75, 3.05) is 0 Å². The number of hydrogen-bond acceptors (Lipinski definition) is 2. The Morgan fingerprint density at radius 2 is 1.21 bits per heavy atom. The Hall–Kier alpha value is -3.77. The summed E-state index contributed by atoms with van der Waals surface area (Å²) in [6.07, 6.45) is 3.33. The minimum atomic E-state index is -3.52. The standard InChI is InChI=1S/C29H24FN2OP/c30-29(23-31,25-15-7-2-8-16-25)28(22-21-24-13-5-1-6-14-24)32-34(33,26-17-9-3-10-18-26)27-19-11-4-12-20-27/h1-22,28H,(H,32,33)/b22-21+/t28-,29+/m1/s1. The maximum atomic E-state index is 16.6. The Morgan fingerprint density at radius 1 is 0.765 bits per heavy atom. The lowest BCUT2D eigenvalue weighted by Crippen LogP contribution is -2.45. The fourth-order valence-electron chi connectivity index (χ4n) is 3.80. The van der Waals surface area contributed by atoms with E-state index in [2.05, 4.69) is 5.09 Å². The number of hydrogen-bond donors (Lipinski definition) is 1. The summed E-state index contributed by atoms with van der Waals surface area (Å²) < 4.78 is 31.2. The molecule has 0 saturated heterocycles. The average molecular weight is 466 g/mol. The first kappa shape index (κ1) is 23.4. The summed E-state index contributed by atoms with van der Waals surface area (Å²) >= 11 is 0. The van der Waals surface area contributed by atoms with E-state index in [0.29, 0.717) is 10.6 Å². The molecule has 0 saturated carbocycles. The molecule has 2 atom stereocenters. The van der Waals surface area contributed by atoms with Gasteiger partial charge < -0.3 is 0 Å². The molecular weight excluding hydrogens is 442 g/mol. The summed E-state index contributed by atoms with van der Waals surface area (Å²) in [4.78, 5) is 0. The molecule has 0 fully saturated rings. The highest BCUT2D eigenvalue weighted by Crippen LogP contribution is 2.43. The molecule has 168 valence electrons. The normalized spacial score (nSPS) is 14.2. The number of benzene rings is 4. The zero-order valence-corrected chi connectivity index (χ0v) is 19.4. The fraction of sp³-hybridized carbons (Fsp3) is 0.0690. The predicted molar refractivity (Wildman–Crippen MR) is 137 cm³/mol. The molecule has 0 aliphatic heterocycles. The highest BCUT2D eigenvalue weighted by atomic mass is 31.2. The van der Waals surface area contributed by atoms with Crippen molar-refractivity contribution in [2.24, 2.45) is 0 Å². The molecule has 4 aromatic carbocycles. The summed E-state index contributed by atoms with van der Waals surface area (Å²) in [5, 5.41) is 14.2. The van der Waals surface area contributed by atoms with Crippen LogP contribution >= 0.6 is 7.29 Å². The molecule has 0 unspecified atom stereocenters. The third-order valence-electron chi connectivity index (χ3n) is 5.63. The lowest BCUT2D eigenvalue weighted by Gasteiger charge is -2.31. The van der Waals surface area contributed by atoms with E-state index in [-0.39, 0.29) is 5.56 Å². The molecule has 34 heavy (non-hydrogen) atoms. The number of halogens is 1. The van der Waals surface area contributed by atoms with Crippen LogP contribution in [0.4, 0.5) is 4.39 Å². The maximum Gasteiger partial charge on any atom is 0.240 e. The van der Waals surface area contributed by atoms with Crippen LogP contribution in [0.1, 0.15) is 11.1 Å². The van der Waals surface area contributed by atoms with Crippen LogP contribution in [0.5, 0.6) is 0 Å². The van der Waals surface area contributed by atoms with Crippen LogP contribution in [0.2, 0.25) is 0 Å². The van der Waals surface area contributed by atoms with E-state index < -0.39 is 19.0 Å². The van der Waals surface area contributed by atoms with Gasteiger partial charge in [0.2, 0.25) is 13.0 Å². The second-order valence-corrected chi connectivity index (χ2v) is 10.4. The first-order chi connectivity index (χ1) is 16.6. The molecule has 4 rings (SSSR count). The van der Waals surface area contributed by atoms with Crippen molar-refractivity contribution in [1.29, 1.82) is 5.26 Å². The van der Waals surface area contributed by atoms with E-state index in [1.165, 1.54) is 0 Å². The van der Waals surface area contributed by atoms with Gasteiger partial charge in [0, 0.05) is 16.2 Å². The lowest BCUT2D eigenvalue weighted by atomic mass is 9.89. The van der Waals surface area contributed by atoms with Crippen LogP contribution < -0.4 is 15.7 Å². The van der Waals surface area contributed by atoms with Gasteiger partial charge in [-0.15, -0.1) is 0 Å². The molecule has 1 N–H and O–H groups in total. The number of nitrogens with zero attached hydrogens (tertiary/aromatic N) is 1. The van der Waals surface area contributed by atoms with Gasteiger partial charge in [0.1, 0.15) is 6.07 Å². The summed E-state index contributed by atoms with van der Waals surface area (Å²) in [7, 11) is -3.52. The summed E-state index contributed by atoms with van der Waals surface area (Å²) in [5.74, 6) is 0. The Kier molecular flexibility index (Phi) is 7.18. The topological polar surface area (TPSA) is 52.9 Å². The molecule has 5 heteroatoms. The van der Waals surface area contributed by atoms with Crippen molar-refractivity contribution in [3.05, 3.63) is 139 Å². The van der Waals surface area contributed by atoms with Crippen LogP contribution in [0.3, 0.4) is 0 Å². The van der Waals surface area contributed by atoms with Crippen LogP contribution in [0.15, 0.2) is 127 Å². The van der Waals surface area contributed by atoms with Gasteiger partial charge in [-0.25, -0.2) is 9.48 Å². The quantitative estimate of drug-likeness (QED) is 0.325. The van der Waals surface area contributed by atoms with Gasteiger partial charge in [-0.1, -0.05) is 109 Å². The largest absolute Gasteiger partial charge is 0.297 e. The second kappa shape index (κ2) is 10.4. The molecule has 0 radical (unpaired) electrons. The monoisotopic (exact) mass is 466 g/mol. The Bertz CT molecular complexity index is 1280. The SMILES string of the molecule is N#C[C@](F)(c1ccccc1)[C@@H](/C=C/c1ccccc1)NP(=O)(c1ccccc1)c1ccccc1. The summed E-state index contributed by atoms with van der Waals surface area (Å²) in [6, 6.07) is 36.3. The zero-order valence-electron chi connectivity index (χ0n) is 18.5. The van der Waals surface area contributed by atoms with Crippen molar-refractivity contribution in [3.63, 3.8) is 0 Å². The first-order valence-electron chi connectivity index (χ1n) is 10.9. The van der Waals surface area contributed by atoms with Crippen molar-refractivity contribution in [1.82, 2.24) is 5.09 Å². The Labute approximate surface area is 199 Å². The van der Waals surface area contributed by atoms with Crippen molar-refractivity contribution in [2.45, 2.75) is 11.7 Å². The van der Waals surface area contributed by atoms with Crippen LogP contribution in [-0.2, 0) is 10.2 Å². The van der Waals surface area contributed by atoms with Gasteiger partial charge in [0.15, 0.2) is 0 Å². The molecule has 0 bridgehead atoms. The van der Waals surface area contributed by atoms with E-state index >= 15 is 4.39 Å². The summed E-state index contributed by atoms with van der Waals surface area (Å²) in [6.45, 7) is 0. The third-order valence-corrected chi connectivity index (χ3v) is 8.32. The lowest BCUT2D eigenvalue weighted by molar-refractivity contribution is 0.211. The average Bonchev–Trinajstić information content (AvgIpc) is 2.92. The van der Waals surface area contributed by atoms with Gasteiger partial charge in [0.05, 0.1) is 6.04 Å². The number of nitriles is 1. The summed E-state index contributed by atoms with van der Waals surface area (Å²) in [5.41, 5.74) is -1.43. The molecule has 0 aliphatic carbocycles. The van der Waals surface area contributed by atoms with Gasteiger partial charge in [0.25, 0.3) is 0 Å². The van der Waals surface area contributed by atoms with Gasteiger partial charge in [-0.3, -0.25) is 4.57 Å². The molecule has 4 aromatic rings. The van der Waals surface area contributed by atoms with Crippen LogP contribution in [-0.4, -0.2) is 6.04 Å². The van der Waals surface area contributed by atoms with E-state index in [1.807, 2.05) is 48.5 Å². The molecular formula is C29H24FN2OP. The van der Waals surface area contributed by atoms with E-state index in [0.717, 1.165) is 5.56 Å². The molecule has 3 nitrogen and oxygen atoms in total. The highest BCUT2D eigenvalue weighted by molar-refractivity contribution is 7.77. The van der Waals surface area contributed by atoms with Crippen molar-refractivity contribution < 1.29 is 8.96 Å². The third kappa shape index (κ3) is 4.92. The van der Waals surface area contributed by atoms with Gasteiger partial charge in [-0.05, 0) is 29.8 Å². The fourth-order valence-corrected chi connectivity index (χ4v) is 6.24. The highest BCUT2D eigenvalue weighted by Gasteiger charge is 2.44. The first-order valence-corrected chi connectivity index (χ1v) is 12.6. The molecule has 0 heterocycles. The van der Waals surface area contributed by atoms with Crippen molar-refractivity contribution in [3.8, 4) is 6.07 Å². The van der Waals surface area contributed by atoms with Gasteiger partial charge in [-0.2, -0.15) is 5.26 Å². The number of rotatable bonds is 8. The molecule has 0 aliphatic rings. The zero-order chi connectivity index (χ0) is 23.9. The minimum absolute atomic E-state index is 0.195. The molecule has 0 amide bonds. The minimum Gasteiger partial charge on any atom is -0.297 e. The van der Waals surface area contributed by atoms with Crippen LogP contribution in [0, 0.1) is 11.3 Å². The predicted octanol–water partition coefficient (Wildman–Crippen LogP) is 5.98. The Morgan fingerprint density at radius 3 is 1.68 bits per heavy atom. The van der Waals surface area contributed by atoms with E-state index in [9.17, 15) is 9.83 Å². The smallest absolute Gasteiger partial charge is 0.240 e. The Balaban J connectivity index is 1.86. The number of nitrogens with one attached hydrogen (secondary N) is 1. The van der Waals surface area contributed by atoms with Crippen LogP contribution in [0.25, 0.3) is 6.08 Å². The van der Waals surface area contributed by atoms with E-state index in [1.54, 1.807) is 91.0 Å². The molecule has 0 aromatic heterocycles. The van der Waals surface area contributed by atoms with Gasteiger partial charge >= 0.3 is 0 Å². The molecule has 0 spiro atoms. The second-order valence-electron chi connectivity index (χ2n) is 7.85. The van der Waals surface area contributed by atoms with Crippen molar-refractivity contribution >= 4 is 24.0 Å².